The van der Waals surface area contributed by atoms with Gasteiger partial charge in [0.25, 0.3) is 0 Å². The molecule has 6 rings (SSSR count). The number of benzene rings is 2. The molecule has 0 saturated carbocycles. The van der Waals surface area contributed by atoms with E-state index in [9.17, 15) is 0 Å². The van der Waals surface area contributed by atoms with Gasteiger partial charge in [-0.3, -0.25) is 9.97 Å². The molecule has 2 aliphatic carbocycles. The second-order valence-electron chi connectivity index (χ2n) is 7.44. The van der Waals surface area contributed by atoms with Gasteiger partial charge in [0.1, 0.15) is 0 Å². The molecule has 0 bridgehead atoms. The van der Waals surface area contributed by atoms with E-state index >= 15 is 0 Å². The van der Waals surface area contributed by atoms with Gasteiger partial charge in [0.05, 0.1) is 12.7 Å². The molecule has 4 aromatic rings. The van der Waals surface area contributed by atoms with Gasteiger partial charge in [0.15, 0.2) is 0 Å². The van der Waals surface area contributed by atoms with Crippen molar-refractivity contribution in [1.29, 1.82) is 0 Å². The number of imidazole rings is 2. The van der Waals surface area contributed by atoms with Crippen molar-refractivity contribution < 1.29 is 21.1 Å². The average molecular weight is 562 g/mol. The fourth-order valence-corrected chi connectivity index (χ4v) is 4.23. The fourth-order valence-electron chi connectivity index (χ4n) is 4.23. The van der Waals surface area contributed by atoms with Gasteiger partial charge < -0.3 is 9.13 Å². The number of aryl methyl sites for hydroxylation is 4. The van der Waals surface area contributed by atoms with E-state index in [1.165, 1.54) is 33.6 Å². The minimum absolute atomic E-state index is 0. The molecule has 0 unspecified atom stereocenters. The van der Waals surface area contributed by atoms with Crippen LogP contribution < -0.4 is 0 Å². The fraction of sp³-hybridized carbons (Fsp3) is 0.250. The molecule has 5 heteroatoms. The summed E-state index contributed by atoms with van der Waals surface area (Å²) in [5.41, 5.74) is 10.0. The van der Waals surface area contributed by atoms with Crippen LogP contribution in [-0.2, 0) is 60.8 Å². The molecular weight excluding hydrogens is 539 g/mol. The SMILES string of the molecule is Cn1cnc2c1CCc1ccc[c-]c1-2.Cn1cnc2c1CCc1ccc[c-]c1-2.[Pt+2]. The van der Waals surface area contributed by atoms with Crippen LogP contribution in [0.2, 0.25) is 0 Å². The first-order valence-corrected chi connectivity index (χ1v) is 9.72. The third-order valence-corrected chi connectivity index (χ3v) is 5.74. The summed E-state index contributed by atoms with van der Waals surface area (Å²) in [6, 6.07) is 18.9. The molecule has 4 nitrogen and oxygen atoms in total. The second kappa shape index (κ2) is 8.12. The van der Waals surface area contributed by atoms with Crippen LogP contribution >= 0.6 is 0 Å². The standard InChI is InChI=1S/2C12H11N2.Pt/c2*1-14-8-13-12-10-5-3-2-4-9(10)6-7-11(12)14;/h2*2-4,8H,6-7H2,1H3;/q2*-1;+2. The number of aromatic nitrogens is 4. The molecule has 2 heterocycles. The monoisotopic (exact) mass is 561 g/mol. The molecular formula is C24H22N4Pt. The molecule has 0 fully saturated rings. The van der Waals surface area contributed by atoms with Crippen LogP contribution in [0, 0.1) is 12.1 Å². The first-order valence-electron chi connectivity index (χ1n) is 9.72. The smallest absolute Gasteiger partial charge is 0.346 e. The van der Waals surface area contributed by atoms with Gasteiger partial charge in [0.2, 0.25) is 0 Å². The third kappa shape index (κ3) is 3.51. The van der Waals surface area contributed by atoms with Gasteiger partial charge in [-0.15, -0.1) is 70.8 Å². The van der Waals surface area contributed by atoms with E-state index in [1.54, 1.807) is 0 Å². The van der Waals surface area contributed by atoms with E-state index in [2.05, 4.69) is 57.5 Å². The second-order valence-corrected chi connectivity index (χ2v) is 7.44. The van der Waals surface area contributed by atoms with Crippen LogP contribution in [-0.4, -0.2) is 19.1 Å². The molecule has 0 spiro atoms. The van der Waals surface area contributed by atoms with Gasteiger partial charge in [-0.2, -0.15) is 0 Å². The van der Waals surface area contributed by atoms with Crippen LogP contribution in [0.3, 0.4) is 0 Å². The Labute approximate surface area is 185 Å². The van der Waals surface area contributed by atoms with Crippen LogP contribution in [0.4, 0.5) is 0 Å². The summed E-state index contributed by atoms with van der Waals surface area (Å²) in [5, 5.41) is 0. The zero-order valence-electron chi connectivity index (χ0n) is 16.6. The van der Waals surface area contributed by atoms with Gasteiger partial charge >= 0.3 is 21.1 Å². The maximum Gasteiger partial charge on any atom is 2.00 e. The number of rotatable bonds is 0. The molecule has 0 N–H and O–H groups in total. The molecule has 2 aromatic heterocycles. The Kier molecular flexibility index (Phi) is 5.56. The van der Waals surface area contributed by atoms with E-state index in [0.29, 0.717) is 0 Å². The van der Waals surface area contributed by atoms with Crippen molar-refractivity contribution in [1.82, 2.24) is 19.1 Å². The van der Waals surface area contributed by atoms with Crippen molar-refractivity contribution in [3.05, 3.63) is 83.7 Å². The first-order chi connectivity index (χ1) is 13.7. The molecule has 148 valence electrons. The maximum absolute atomic E-state index is 4.43. The Balaban J connectivity index is 0.000000137. The van der Waals surface area contributed by atoms with Crippen molar-refractivity contribution >= 4 is 0 Å². The zero-order chi connectivity index (χ0) is 19.1. The van der Waals surface area contributed by atoms with Crippen molar-refractivity contribution in [3.63, 3.8) is 0 Å². The van der Waals surface area contributed by atoms with Gasteiger partial charge in [-0.05, 0) is 12.8 Å². The molecule has 0 atom stereocenters. The van der Waals surface area contributed by atoms with E-state index in [4.69, 9.17) is 0 Å². The number of fused-ring (bicyclic) bond motifs is 6. The Bertz CT molecular complexity index is 1060. The number of nitrogens with zero attached hydrogens (tertiary/aromatic N) is 4. The topological polar surface area (TPSA) is 35.6 Å². The minimum Gasteiger partial charge on any atom is -0.346 e. The Hall–Kier alpha value is -2.45. The van der Waals surface area contributed by atoms with E-state index in [-0.39, 0.29) is 21.1 Å². The predicted molar refractivity (Wildman–Crippen MR) is 110 cm³/mol. The number of hydrogen-bond donors (Lipinski definition) is 0. The Morgan fingerprint density at radius 3 is 1.62 bits per heavy atom. The quantitative estimate of drug-likeness (QED) is 0.305. The normalized spacial score (nSPS) is 13.0. The molecule has 29 heavy (non-hydrogen) atoms. The summed E-state index contributed by atoms with van der Waals surface area (Å²) >= 11 is 0. The van der Waals surface area contributed by atoms with Crippen molar-refractivity contribution in [3.8, 4) is 22.5 Å². The zero-order valence-corrected chi connectivity index (χ0v) is 18.8. The summed E-state index contributed by atoms with van der Waals surface area (Å²) in [6.07, 6.45) is 8.19. The summed E-state index contributed by atoms with van der Waals surface area (Å²) in [6.45, 7) is 0. The third-order valence-electron chi connectivity index (χ3n) is 5.74. The van der Waals surface area contributed by atoms with Crippen molar-refractivity contribution in [2.24, 2.45) is 14.1 Å². The van der Waals surface area contributed by atoms with Crippen LogP contribution in [0.25, 0.3) is 22.5 Å². The van der Waals surface area contributed by atoms with Crippen molar-refractivity contribution in [2.45, 2.75) is 25.7 Å². The Morgan fingerprint density at radius 1 is 0.724 bits per heavy atom. The number of hydrogen-bond acceptors (Lipinski definition) is 2. The molecule has 2 aliphatic rings. The van der Waals surface area contributed by atoms with E-state index in [1.807, 2.05) is 36.9 Å². The first kappa shape index (κ1) is 19.8. The largest absolute Gasteiger partial charge is 2.00 e. The average Bonchev–Trinajstić information content (AvgIpc) is 3.32. The van der Waals surface area contributed by atoms with Gasteiger partial charge in [-0.1, -0.05) is 12.8 Å². The molecule has 0 radical (unpaired) electrons. The Morgan fingerprint density at radius 2 is 1.17 bits per heavy atom. The molecule has 0 amide bonds. The summed E-state index contributed by atoms with van der Waals surface area (Å²) in [5.74, 6) is 0. The van der Waals surface area contributed by atoms with Crippen LogP contribution in [0.5, 0.6) is 0 Å². The molecule has 2 aromatic carbocycles. The molecule has 0 aliphatic heterocycles. The predicted octanol–water partition coefficient (Wildman–Crippen LogP) is 3.97. The van der Waals surface area contributed by atoms with Crippen LogP contribution in [0.15, 0.2) is 49.1 Å². The van der Waals surface area contributed by atoms with Gasteiger partial charge in [-0.25, -0.2) is 0 Å². The molecule has 0 saturated heterocycles. The van der Waals surface area contributed by atoms with E-state index < -0.39 is 0 Å². The van der Waals surface area contributed by atoms with E-state index in [0.717, 1.165) is 37.1 Å². The maximum atomic E-state index is 4.43. The van der Waals surface area contributed by atoms with Crippen molar-refractivity contribution in [2.75, 3.05) is 0 Å². The summed E-state index contributed by atoms with van der Waals surface area (Å²) in [4.78, 5) is 8.86. The van der Waals surface area contributed by atoms with Gasteiger partial charge in [0, 0.05) is 36.9 Å². The minimum atomic E-state index is 0. The summed E-state index contributed by atoms with van der Waals surface area (Å²) < 4.78 is 4.22. The summed E-state index contributed by atoms with van der Waals surface area (Å²) in [7, 11) is 4.11. The van der Waals surface area contributed by atoms with Crippen LogP contribution in [0.1, 0.15) is 22.5 Å².